The zero-order valence-corrected chi connectivity index (χ0v) is 22.0. The van der Waals surface area contributed by atoms with E-state index < -0.39 is 0 Å². The van der Waals surface area contributed by atoms with E-state index >= 15 is 0 Å². The molecule has 0 atom stereocenters. The van der Waals surface area contributed by atoms with Crippen LogP contribution in [0.15, 0.2) is 48.5 Å². The van der Waals surface area contributed by atoms with Crippen LogP contribution in [-0.2, 0) is 11.2 Å². The Morgan fingerprint density at radius 3 is 2.40 bits per heavy atom. The van der Waals surface area contributed by atoms with Gasteiger partial charge in [0.25, 0.3) is 0 Å². The number of fused-ring (bicyclic) bond motifs is 1. The second kappa shape index (κ2) is 13.1. The fraction of sp³-hybridized carbons (Fsp3) is 0.483. The lowest BCUT2D eigenvalue weighted by molar-refractivity contribution is -0.120. The average Bonchev–Trinajstić information content (AvgIpc) is 2.87. The van der Waals surface area contributed by atoms with E-state index in [1.54, 1.807) is 0 Å². The maximum atomic E-state index is 12.3. The van der Waals surface area contributed by atoms with Gasteiger partial charge >= 0.3 is 0 Å². The first kappa shape index (κ1) is 26.5. The molecule has 1 fully saturated rings. The van der Waals surface area contributed by atoms with Gasteiger partial charge in [0.2, 0.25) is 11.9 Å². The lowest BCUT2D eigenvalue weighted by Gasteiger charge is -2.29. The molecule has 0 saturated heterocycles. The third kappa shape index (κ3) is 7.41. The van der Waals surface area contributed by atoms with Crippen molar-refractivity contribution in [1.82, 2.24) is 15.3 Å². The molecule has 1 aliphatic carbocycles. The molecule has 6 nitrogen and oxygen atoms in total. The molecule has 192 valence electrons. The number of nitrogens with one attached hydrogen (secondary N) is 2. The zero-order valence-electron chi connectivity index (χ0n) is 22.0. The number of carbonyl (C=O) groups excluding carboxylic acids is 1. The maximum absolute atomic E-state index is 12.3. The molecule has 1 aliphatic rings. The van der Waals surface area contributed by atoms with Crippen molar-refractivity contribution in [3.05, 3.63) is 59.7 Å². The second-order valence-corrected chi connectivity index (χ2v) is 9.39. The number of rotatable bonds is 8. The lowest BCUT2D eigenvalue weighted by Crippen LogP contribution is -2.31. The van der Waals surface area contributed by atoms with Crippen LogP contribution in [0.5, 0.6) is 0 Å². The molecule has 6 heteroatoms. The van der Waals surface area contributed by atoms with Crippen LogP contribution in [0.2, 0.25) is 0 Å². The van der Waals surface area contributed by atoms with E-state index in [9.17, 15) is 4.79 Å². The minimum atomic E-state index is 0. The molecular formula is C29H45N5O. The Kier molecular flexibility index (Phi) is 9.88. The van der Waals surface area contributed by atoms with Gasteiger partial charge in [0, 0.05) is 34.9 Å². The van der Waals surface area contributed by atoms with E-state index in [1.165, 1.54) is 18.4 Å². The molecule has 0 aliphatic heterocycles. The number of aromatic nitrogens is 2. The number of amides is 1. The summed E-state index contributed by atoms with van der Waals surface area (Å²) in [4.78, 5) is 23.9. The standard InChI is InChI=1S/C27H35N5O.C2H6.2H2/c1-19-8-4-5-9-21(19)18-25(33)28-17-16-20-12-14-22(15-13-20)29-27-30-24-11-7-6-10-23(24)26(31-27)32(2)3;1-2;;/h4-11,20,22H,12-18H2,1-3H3,(H,28,33)(H,29,30,31);1-2H3;2*1H. The molecule has 4 rings (SSSR count). The number of nitrogens with zero attached hydrogens (tertiary/aromatic N) is 3. The Bertz CT molecular complexity index is 1100. The predicted octanol–water partition coefficient (Wildman–Crippen LogP) is 6.24. The van der Waals surface area contributed by atoms with E-state index in [1.807, 2.05) is 69.2 Å². The van der Waals surface area contributed by atoms with Gasteiger partial charge < -0.3 is 15.5 Å². The predicted molar refractivity (Wildman–Crippen MR) is 151 cm³/mol. The summed E-state index contributed by atoms with van der Waals surface area (Å²) >= 11 is 0. The van der Waals surface area contributed by atoms with Gasteiger partial charge in [-0.3, -0.25) is 4.79 Å². The SMILES string of the molecule is CC.Cc1ccccc1CC(=O)NCCC1CCC(Nc2nc(N(C)C)c3ccccc3n2)CC1.[HH].[HH]. The molecule has 0 bridgehead atoms. The van der Waals surface area contributed by atoms with E-state index in [-0.39, 0.29) is 8.76 Å². The van der Waals surface area contributed by atoms with Gasteiger partial charge in [0.15, 0.2) is 0 Å². The van der Waals surface area contributed by atoms with Crippen molar-refractivity contribution in [2.75, 3.05) is 30.9 Å². The summed E-state index contributed by atoms with van der Waals surface area (Å²) in [5.74, 6) is 2.43. The van der Waals surface area contributed by atoms with E-state index in [0.29, 0.717) is 24.3 Å². The fourth-order valence-electron chi connectivity index (χ4n) is 4.70. The van der Waals surface area contributed by atoms with Gasteiger partial charge in [0.05, 0.1) is 11.9 Å². The first-order chi connectivity index (χ1) is 17.0. The molecule has 0 unspecified atom stereocenters. The summed E-state index contributed by atoms with van der Waals surface area (Å²) in [6.45, 7) is 6.81. The van der Waals surface area contributed by atoms with Crippen LogP contribution < -0.4 is 15.5 Å². The van der Waals surface area contributed by atoms with Crippen LogP contribution in [0.25, 0.3) is 10.9 Å². The third-order valence-corrected chi connectivity index (χ3v) is 6.67. The fourth-order valence-corrected chi connectivity index (χ4v) is 4.70. The van der Waals surface area contributed by atoms with Crippen LogP contribution in [0.1, 0.15) is 59.9 Å². The first-order valence-corrected chi connectivity index (χ1v) is 13.0. The highest BCUT2D eigenvalue weighted by Gasteiger charge is 2.22. The van der Waals surface area contributed by atoms with Gasteiger partial charge in [-0.15, -0.1) is 0 Å². The van der Waals surface area contributed by atoms with Crippen molar-refractivity contribution in [1.29, 1.82) is 0 Å². The number of anilines is 2. The number of carbonyl (C=O) groups is 1. The van der Waals surface area contributed by atoms with Gasteiger partial charge in [0.1, 0.15) is 5.82 Å². The highest BCUT2D eigenvalue weighted by molar-refractivity contribution is 5.90. The Balaban J connectivity index is 0.00000167. The van der Waals surface area contributed by atoms with Gasteiger partial charge in [-0.25, -0.2) is 4.98 Å². The van der Waals surface area contributed by atoms with Crippen molar-refractivity contribution in [3.63, 3.8) is 0 Å². The van der Waals surface area contributed by atoms with Crippen molar-refractivity contribution in [2.45, 2.75) is 65.3 Å². The molecule has 1 amide bonds. The topological polar surface area (TPSA) is 70.2 Å². The summed E-state index contributed by atoms with van der Waals surface area (Å²) in [5.41, 5.74) is 3.25. The Morgan fingerprint density at radius 1 is 1.00 bits per heavy atom. The number of aryl methyl sites for hydroxylation is 1. The molecule has 1 aromatic heterocycles. The van der Waals surface area contributed by atoms with Crippen molar-refractivity contribution >= 4 is 28.6 Å². The highest BCUT2D eigenvalue weighted by atomic mass is 16.1. The van der Waals surface area contributed by atoms with Crippen LogP contribution in [0, 0.1) is 12.8 Å². The van der Waals surface area contributed by atoms with Crippen LogP contribution in [-0.4, -0.2) is 42.6 Å². The third-order valence-electron chi connectivity index (χ3n) is 6.67. The van der Waals surface area contributed by atoms with Crippen LogP contribution in [0.4, 0.5) is 11.8 Å². The molecule has 2 aromatic carbocycles. The molecule has 1 heterocycles. The number of benzene rings is 2. The highest BCUT2D eigenvalue weighted by Crippen LogP contribution is 2.29. The molecule has 35 heavy (non-hydrogen) atoms. The molecule has 0 radical (unpaired) electrons. The van der Waals surface area contributed by atoms with E-state index in [4.69, 9.17) is 9.97 Å². The summed E-state index contributed by atoms with van der Waals surface area (Å²) in [6.07, 6.45) is 6.05. The molecule has 2 N–H and O–H groups in total. The van der Waals surface area contributed by atoms with Crippen molar-refractivity contribution in [2.24, 2.45) is 5.92 Å². The van der Waals surface area contributed by atoms with E-state index in [0.717, 1.165) is 48.1 Å². The lowest BCUT2D eigenvalue weighted by atomic mass is 9.84. The summed E-state index contributed by atoms with van der Waals surface area (Å²) in [5, 5.41) is 7.76. The average molecular weight is 480 g/mol. The number of hydrogen-bond donors (Lipinski definition) is 2. The maximum Gasteiger partial charge on any atom is 0.225 e. The number of para-hydroxylation sites is 1. The van der Waals surface area contributed by atoms with E-state index in [2.05, 4.69) is 29.7 Å². The normalized spacial score (nSPS) is 17.3. The smallest absolute Gasteiger partial charge is 0.225 e. The monoisotopic (exact) mass is 479 g/mol. The van der Waals surface area contributed by atoms with Gasteiger partial charge in [-0.1, -0.05) is 50.2 Å². The summed E-state index contributed by atoms with van der Waals surface area (Å²) in [7, 11) is 4.03. The number of hydrogen-bond acceptors (Lipinski definition) is 5. The van der Waals surface area contributed by atoms with Gasteiger partial charge in [-0.05, 0) is 68.2 Å². The molecular weight excluding hydrogens is 434 g/mol. The second-order valence-electron chi connectivity index (χ2n) is 9.39. The van der Waals surface area contributed by atoms with Crippen LogP contribution >= 0.6 is 0 Å². The minimum Gasteiger partial charge on any atom is -0.362 e. The molecule has 3 aromatic rings. The van der Waals surface area contributed by atoms with Crippen molar-refractivity contribution < 1.29 is 7.65 Å². The van der Waals surface area contributed by atoms with Gasteiger partial charge in [-0.2, -0.15) is 4.98 Å². The van der Waals surface area contributed by atoms with Crippen LogP contribution in [0.3, 0.4) is 0 Å². The van der Waals surface area contributed by atoms with Crippen molar-refractivity contribution in [3.8, 4) is 0 Å². The molecule has 1 saturated carbocycles. The molecule has 0 spiro atoms. The summed E-state index contributed by atoms with van der Waals surface area (Å²) in [6, 6.07) is 16.6. The summed E-state index contributed by atoms with van der Waals surface area (Å²) < 4.78 is 0. The first-order valence-electron chi connectivity index (χ1n) is 13.0. The Hall–Kier alpha value is -3.15. The minimum absolute atomic E-state index is 0. The quantitative estimate of drug-likeness (QED) is 0.400. The Labute approximate surface area is 213 Å². The Morgan fingerprint density at radius 2 is 1.69 bits per heavy atom. The largest absolute Gasteiger partial charge is 0.362 e. The zero-order chi connectivity index (χ0) is 25.2.